The minimum Gasteiger partial charge on any atom is -0.423 e. The van der Waals surface area contributed by atoms with Crippen LogP contribution in [0.4, 0.5) is 4.39 Å². The molecule has 1 fully saturated rings. The first-order chi connectivity index (χ1) is 16.5. The summed E-state index contributed by atoms with van der Waals surface area (Å²) in [5.41, 5.74) is 8.61. The molecule has 5 heteroatoms. The molecule has 1 saturated carbocycles. The Hall–Kier alpha value is -3.57. The van der Waals surface area contributed by atoms with Crippen LogP contribution in [0.15, 0.2) is 78.8 Å². The van der Waals surface area contributed by atoms with E-state index in [-0.39, 0.29) is 5.82 Å². The quantitative estimate of drug-likeness (QED) is 0.126. The Balaban J connectivity index is 1.84. The summed E-state index contributed by atoms with van der Waals surface area (Å²) in [6, 6.07) is 18.8. The SMILES string of the molecule is C=CC(=O)Oc1ccccc1/C(=C(\c1ccc(F)cc1C)C1CCC1)c1ccc2scnc2c1. The van der Waals surface area contributed by atoms with Crippen LogP contribution >= 0.6 is 11.3 Å². The highest BCUT2D eigenvalue weighted by molar-refractivity contribution is 7.16. The van der Waals surface area contributed by atoms with E-state index >= 15 is 0 Å². The number of ether oxygens (including phenoxy) is 1. The third-order valence-corrected chi connectivity index (χ3v) is 7.22. The molecule has 0 aliphatic heterocycles. The monoisotopic (exact) mass is 469 g/mol. The first-order valence-electron chi connectivity index (χ1n) is 11.3. The largest absolute Gasteiger partial charge is 0.423 e. The highest BCUT2D eigenvalue weighted by Gasteiger charge is 2.29. The fourth-order valence-corrected chi connectivity index (χ4v) is 5.23. The molecule has 0 atom stereocenters. The van der Waals surface area contributed by atoms with Crippen LogP contribution in [-0.2, 0) is 4.79 Å². The normalized spacial score (nSPS) is 14.4. The second-order valence-electron chi connectivity index (χ2n) is 8.53. The zero-order valence-corrected chi connectivity index (χ0v) is 19.7. The average molecular weight is 470 g/mol. The number of allylic oxidation sites excluding steroid dienone is 1. The molecule has 0 bridgehead atoms. The van der Waals surface area contributed by atoms with Gasteiger partial charge >= 0.3 is 5.97 Å². The van der Waals surface area contributed by atoms with E-state index in [1.165, 1.54) is 12.1 Å². The van der Waals surface area contributed by atoms with E-state index in [1.54, 1.807) is 23.5 Å². The minimum atomic E-state index is -0.509. The van der Waals surface area contributed by atoms with Gasteiger partial charge in [0.05, 0.1) is 15.7 Å². The van der Waals surface area contributed by atoms with Gasteiger partial charge in [0.1, 0.15) is 11.6 Å². The summed E-state index contributed by atoms with van der Waals surface area (Å²) in [6.07, 6.45) is 4.44. The third kappa shape index (κ3) is 4.19. The Morgan fingerprint density at radius 3 is 2.68 bits per heavy atom. The number of fused-ring (bicyclic) bond motifs is 1. The van der Waals surface area contributed by atoms with Gasteiger partial charge < -0.3 is 4.74 Å². The number of aromatic nitrogens is 1. The summed E-state index contributed by atoms with van der Waals surface area (Å²) in [6.45, 7) is 5.49. The van der Waals surface area contributed by atoms with Crippen molar-refractivity contribution in [2.45, 2.75) is 26.2 Å². The Morgan fingerprint density at radius 2 is 1.94 bits per heavy atom. The number of hydrogen-bond donors (Lipinski definition) is 0. The molecule has 170 valence electrons. The number of thiazole rings is 1. The standard InChI is InChI=1S/C29H24FNO2S/c1-3-27(32)33-25-10-5-4-9-23(25)29(20-11-14-26-24(16-20)31-17-34-26)28(19-7-6-8-19)22-13-12-21(30)15-18(22)2/h3-5,9-17,19H,1,6-8H2,2H3/b29-28-. The number of hydrogen-bond acceptors (Lipinski definition) is 4. The van der Waals surface area contributed by atoms with Crippen molar-refractivity contribution < 1.29 is 13.9 Å². The van der Waals surface area contributed by atoms with Gasteiger partial charge in [-0.1, -0.05) is 43.3 Å². The van der Waals surface area contributed by atoms with Gasteiger partial charge in [0, 0.05) is 11.6 Å². The number of nitrogens with zero attached hydrogens (tertiary/aromatic N) is 1. The average Bonchev–Trinajstić information content (AvgIpc) is 3.27. The van der Waals surface area contributed by atoms with Crippen LogP contribution in [0.3, 0.4) is 0 Å². The molecular formula is C29H24FNO2S. The lowest BCUT2D eigenvalue weighted by Gasteiger charge is -2.32. The summed E-state index contributed by atoms with van der Waals surface area (Å²) in [5, 5.41) is 0. The van der Waals surface area contributed by atoms with Crippen molar-refractivity contribution in [2.75, 3.05) is 0 Å². The number of aryl methyl sites for hydroxylation is 1. The molecule has 0 spiro atoms. The number of para-hydroxylation sites is 1. The lowest BCUT2D eigenvalue weighted by atomic mass is 9.72. The maximum Gasteiger partial charge on any atom is 0.335 e. The number of carbonyl (C=O) groups excluding carboxylic acids is 1. The fraction of sp³-hybridized carbons (Fsp3) is 0.172. The number of rotatable bonds is 6. The Bertz CT molecular complexity index is 1430. The summed E-state index contributed by atoms with van der Waals surface area (Å²) in [4.78, 5) is 16.7. The highest BCUT2D eigenvalue weighted by Crippen LogP contribution is 2.47. The number of esters is 1. The van der Waals surface area contributed by atoms with E-state index in [2.05, 4.69) is 29.8 Å². The maximum absolute atomic E-state index is 14.1. The molecule has 34 heavy (non-hydrogen) atoms. The van der Waals surface area contributed by atoms with Gasteiger partial charge in [-0.15, -0.1) is 11.3 Å². The predicted octanol–water partition coefficient (Wildman–Crippen LogP) is 7.59. The van der Waals surface area contributed by atoms with Crippen molar-refractivity contribution in [2.24, 2.45) is 5.92 Å². The lowest BCUT2D eigenvalue weighted by Crippen LogP contribution is -2.16. The number of carbonyl (C=O) groups is 1. The summed E-state index contributed by atoms with van der Waals surface area (Å²) < 4.78 is 20.8. The van der Waals surface area contributed by atoms with Gasteiger partial charge in [-0.2, -0.15) is 0 Å². The summed E-state index contributed by atoms with van der Waals surface area (Å²) in [5.74, 6) is 0.0377. The highest BCUT2D eigenvalue weighted by atomic mass is 32.1. The predicted molar refractivity (Wildman–Crippen MR) is 136 cm³/mol. The van der Waals surface area contributed by atoms with Crippen LogP contribution in [0, 0.1) is 18.7 Å². The molecular weight excluding hydrogens is 445 g/mol. The smallest absolute Gasteiger partial charge is 0.335 e. The van der Waals surface area contributed by atoms with Gasteiger partial charge in [-0.3, -0.25) is 0 Å². The Kier molecular flexibility index (Phi) is 6.12. The zero-order valence-electron chi connectivity index (χ0n) is 18.9. The summed E-state index contributed by atoms with van der Waals surface area (Å²) >= 11 is 1.60. The number of halogens is 1. The zero-order chi connectivity index (χ0) is 23.7. The van der Waals surface area contributed by atoms with Crippen molar-refractivity contribution in [1.82, 2.24) is 4.98 Å². The van der Waals surface area contributed by atoms with Crippen molar-refractivity contribution in [3.63, 3.8) is 0 Å². The lowest BCUT2D eigenvalue weighted by molar-refractivity contribution is -0.128. The first kappa shape index (κ1) is 22.2. The van der Waals surface area contributed by atoms with Gasteiger partial charge in [-0.05, 0) is 83.9 Å². The van der Waals surface area contributed by atoms with Crippen molar-refractivity contribution in [3.05, 3.63) is 107 Å². The van der Waals surface area contributed by atoms with E-state index in [4.69, 9.17) is 4.74 Å². The van der Waals surface area contributed by atoms with Gasteiger partial charge in [0.2, 0.25) is 0 Å². The molecule has 0 N–H and O–H groups in total. The third-order valence-electron chi connectivity index (χ3n) is 6.41. The van der Waals surface area contributed by atoms with Crippen LogP contribution in [0.5, 0.6) is 5.75 Å². The molecule has 0 saturated heterocycles. The minimum absolute atomic E-state index is 0.250. The first-order valence-corrected chi connectivity index (χ1v) is 12.2. The molecule has 0 amide bonds. The van der Waals surface area contributed by atoms with E-state index < -0.39 is 5.97 Å². The Labute approximate surface area is 202 Å². The second-order valence-corrected chi connectivity index (χ2v) is 9.42. The molecule has 3 nitrogen and oxygen atoms in total. The second kappa shape index (κ2) is 9.35. The van der Waals surface area contributed by atoms with Gasteiger partial charge in [0.25, 0.3) is 0 Å². The molecule has 3 aromatic carbocycles. The van der Waals surface area contributed by atoms with Crippen LogP contribution < -0.4 is 4.74 Å². The summed E-state index contributed by atoms with van der Waals surface area (Å²) in [7, 11) is 0. The molecule has 0 unspecified atom stereocenters. The fourth-order valence-electron chi connectivity index (χ4n) is 4.57. The topological polar surface area (TPSA) is 39.2 Å². The van der Waals surface area contributed by atoms with Crippen molar-refractivity contribution in [1.29, 1.82) is 0 Å². The van der Waals surface area contributed by atoms with Crippen molar-refractivity contribution >= 4 is 38.7 Å². The molecule has 0 radical (unpaired) electrons. The van der Waals surface area contributed by atoms with E-state index in [1.807, 2.05) is 36.7 Å². The van der Waals surface area contributed by atoms with Crippen LogP contribution in [0.25, 0.3) is 21.4 Å². The molecule has 1 heterocycles. The van der Waals surface area contributed by atoms with Crippen LogP contribution in [0.2, 0.25) is 0 Å². The molecule has 1 aliphatic carbocycles. The molecule has 4 aromatic rings. The van der Waals surface area contributed by atoms with Crippen LogP contribution in [0.1, 0.15) is 41.5 Å². The van der Waals surface area contributed by atoms with Gasteiger partial charge in [-0.25, -0.2) is 14.2 Å². The molecule has 5 rings (SSSR count). The van der Waals surface area contributed by atoms with Crippen molar-refractivity contribution in [3.8, 4) is 5.75 Å². The van der Waals surface area contributed by atoms with E-state index in [0.717, 1.165) is 62.9 Å². The van der Waals surface area contributed by atoms with Gasteiger partial charge in [0.15, 0.2) is 0 Å². The number of benzene rings is 3. The maximum atomic E-state index is 14.1. The Morgan fingerprint density at radius 1 is 1.12 bits per heavy atom. The molecule has 1 aromatic heterocycles. The van der Waals surface area contributed by atoms with E-state index in [9.17, 15) is 9.18 Å². The van der Waals surface area contributed by atoms with Crippen LogP contribution in [-0.4, -0.2) is 11.0 Å². The molecule has 1 aliphatic rings. The van der Waals surface area contributed by atoms with E-state index in [0.29, 0.717) is 11.7 Å².